The van der Waals surface area contributed by atoms with Gasteiger partial charge in [-0.3, -0.25) is 4.68 Å². The molecule has 0 aliphatic rings. The number of halogens is 2. The maximum Gasteiger partial charge on any atom is 0.130 e. The molecule has 108 valence electrons. The van der Waals surface area contributed by atoms with E-state index >= 15 is 0 Å². The lowest BCUT2D eigenvalue weighted by molar-refractivity contribution is 0.531. The minimum Gasteiger partial charge on any atom is -0.330 e. The van der Waals surface area contributed by atoms with Crippen LogP contribution in [0.5, 0.6) is 0 Å². The van der Waals surface area contributed by atoms with Crippen molar-refractivity contribution in [3.05, 3.63) is 50.7 Å². The van der Waals surface area contributed by atoms with Gasteiger partial charge >= 0.3 is 0 Å². The first-order valence-electron chi connectivity index (χ1n) is 6.64. The molecule has 0 bridgehead atoms. The molecule has 0 fully saturated rings. The summed E-state index contributed by atoms with van der Waals surface area (Å²) in [5, 5.41) is 5.07. The van der Waals surface area contributed by atoms with Gasteiger partial charge in [-0.25, -0.2) is 0 Å². The zero-order valence-corrected chi connectivity index (χ0v) is 14.1. The summed E-state index contributed by atoms with van der Waals surface area (Å²) in [6.07, 6.45) is 1.79. The molecular weight excluding hydrogens is 338 g/mol. The molecular formula is C15H19BrClN3. The van der Waals surface area contributed by atoms with Crippen molar-refractivity contribution in [3.8, 4) is 0 Å². The molecule has 0 saturated carbocycles. The summed E-state index contributed by atoms with van der Waals surface area (Å²) < 4.78 is 2.85. The number of hydrogen-bond donors (Lipinski definition) is 1. The Morgan fingerprint density at radius 1 is 1.35 bits per heavy atom. The molecule has 20 heavy (non-hydrogen) atoms. The third-order valence-electron chi connectivity index (χ3n) is 3.56. The molecule has 3 nitrogen and oxygen atoms in total. The van der Waals surface area contributed by atoms with Crippen LogP contribution < -0.4 is 5.73 Å². The first-order valence-corrected chi connectivity index (χ1v) is 7.81. The largest absolute Gasteiger partial charge is 0.330 e. The molecule has 0 spiro atoms. The predicted molar refractivity (Wildman–Crippen MR) is 87.0 cm³/mol. The Bertz CT molecular complexity index is 595. The molecule has 1 atom stereocenters. The quantitative estimate of drug-likeness (QED) is 0.891. The van der Waals surface area contributed by atoms with E-state index in [-0.39, 0.29) is 0 Å². The predicted octanol–water partition coefficient (Wildman–Crippen LogP) is 3.50. The highest BCUT2D eigenvalue weighted by molar-refractivity contribution is 9.10. The molecule has 0 radical (unpaired) electrons. The minimum atomic E-state index is 0.356. The van der Waals surface area contributed by atoms with E-state index in [1.54, 1.807) is 4.68 Å². The highest BCUT2D eigenvalue weighted by atomic mass is 79.9. The van der Waals surface area contributed by atoms with Crippen LogP contribution in [-0.2, 0) is 19.9 Å². The Hall–Kier alpha value is -0.840. The Labute approximate surface area is 133 Å². The number of rotatable bonds is 5. The Balaban J connectivity index is 2.15. The molecule has 1 aromatic heterocycles. The van der Waals surface area contributed by atoms with E-state index in [4.69, 9.17) is 17.3 Å². The van der Waals surface area contributed by atoms with Gasteiger partial charge in [-0.15, -0.1) is 0 Å². The van der Waals surface area contributed by atoms with Crippen molar-refractivity contribution in [2.45, 2.75) is 19.8 Å². The Morgan fingerprint density at radius 2 is 2.05 bits per heavy atom. The van der Waals surface area contributed by atoms with Crippen LogP contribution >= 0.6 is 27.5 Å². The van der Waals surface area contributed by atoms with Crippen LogP contribution in [-0.4, -0.2) is 16.3 Å². The standard InChI is InChI=1S/C15H19BrClN3/c1-10-13(15(17)20(2)19-10)8-11(9-18)7-12-5-3-4-6-14(12)16/h3-6,11H,7-9,18H2,1-2H3. The monoisotopic (exact) mass is 355 g/mol. The molecule has 0 amide bonds. The summed E-state index contributed by atoms with van der Waals surface area (Å²) in [5.74, 6) is 0.356. The zero-order chi connectivity index (χ0) is 14.7. The number of nitrogens with zero attached hydrogens (tertiary/aromatic N) is 2. The van der Waals surface area contributed by atoms with Gasteiger partial charge in [0.2, 0.25) is 0 Å². The fourth-order valence-corrected chi connectivity index (χ4v) is 3.11. The molecule has 1 unspecified atom stereocenters. The Kier molecular flexibility index (Phi) is 5.24. The van der Waals surface area contributed by atoms with E-state index in [2.05, 4.69) is 39.2 Å². The number of benzene rings is 1. The van der Waals surface area contributed by atoms with Gasteiger partial charge in [0, 0.05) is 17.1 Å². The maximum absolute atomic E-state index is 6.30. The van der Waals surface area contributed by atoms with Crippen LogP contribution in [0.2, 0.25) is 5.15 Å². The van der Waals surface area contributed by atoms with Crippen LogP contribution in [0.4, 0.5) is 0 Å². The van der Waals surface area contributed by atoms with E-state index in [0.29, 0.717) is 17.6 Å². The number of aryl methyl sites for hydroxylation is 2. The number of nitrogens with two attached hydrogens (primary N) is 1. The minimum absolute atomic E-state index is 0.356. The first-order chi connectivity index (χ1) is 9.52. The second kappa shape index (κ2) is 6.74. The lowest BCUT2D eigenvalue weighted by Gasteiger charge is -2.15. The fourth-order valence-electron chi connectivity index (χ4n) is 2.41. The van der Waals surface area contributed by atoms with E-state index in [1.165, 1.54) is 5.56 Å². The van der Waals surface area contributed by atoms with Gasteiger partial charge in [0.1, 0.15) is 5.15 Å². The lowest BCUT2D eigenvalue weighted by Crippen LogP contribution is -2.20. The third kappa shape index (κ3) is 3.43. The maximum atomic E-state index is 6.30. The van der Waals surface area contributed by atoms with E-state index in [9.17, 15) is 0 Å². The van der Waals surface area contributed by atoms with E-state index in [0.717, 1.165) is 28.6 Å². The number of hydrogen-bond acceptors (Lipinski definition) is 2. The fraction of sp³-hybridized carbons (Fsp3) is 0.400. The summed E-state index contributed by atoms with van der Waals surface area (Å²) >= 11 is 9.89. The summed E-state index contributed by atoms with van der Waals surface area (Å²) in [6, 6.07) is 8.26. The van der Waals surface area contributed by atoms with Gasteiger partial charge in [-0.1, -0.05) is 45.7 Å². The van der Waals surface area contributed by atoms with Gasteiger partial charge in [0.15, 0.2) is 0 Å². The van der Waals surface area contributed by atoms with Crippen LogP contribution in [0, 0.1) is 12.8 Å². The van der Waals surface area contributed by atoms with Crippen molar-refractivity contribution in [3.63, 3.8) is 0 Å². The molecule has 1 aromatic carbocycles. The van der Waals surface area contributed by atoms with Crippen molar-refractivity contribution in [2.24, 2.45) is 18.7 Å². The summed E-state index contributed by atoms with van der Waals surface area (Å²) in [7, 11) is 1.87. The van der Waals surface area contributed by atoms with E-state index in [1.807, 2.05) is 20.0 Å². The van der Waals surface area contributed by atoms with Crippen molar-refractivity contribution >= 4 is 27.5 Å². The highest BCUT2D eigenvalue weighted by Crippen LogP contribution is 2.25. The first kappa shape index (κ1) is 15.5. The van der Waals surface area contributed by atoms with Gasteiger partial charge in [0.05, 0.1) is 5.69 Å². The normalized spacial score (nSPS) is 12.7. The van der Waals surface area contributed by atoms with Gasteiger partial charge in [0.25, 0.3) is 0 Å². The molecule has 2 rings (SSSR count). The summed E-state index contributed by atoms with van der Waals surface area (Å²) in [5.41, 5.74) is 9.32. The van der Waals surface area contributed by atoms with Crippen molar-refractivity contribution in [1.82, 2.24) is 9.78 Å². The van der Waals surface area contributed by atoms with Crippen molar-refractivity contribution < 1.29 is 0 Å². The molecule has 2 N–H and O–H groups in total. The molecule has 0 saturated heterocycles. The molecule has 0 aliphatic heterocycles. The summed E-state index contributed by atoms with van der Waals surface area (Å²) in [6.45, 7) is 2.62. The van der Waals surface area contributed by atoms with Crippen molar-refractivity contribution in [1.29, 1.82) is 0 Å². The van der Waals surface area contributed by atoms with Gasteiger partial charge < -0.3 is 5.73 Å². The number of aromatic nitrogens is 2. The smallest absolute Gasteiger partial charge is 0.130 e. The van der Waals surface area contributed by atoms with Crippen molar-refractivity contribution in [2.75, 3.05) is 6.54 Å². The average Bonchev–Trinajstić information content (AvgIpc) is 2.66. The van der Waals surface area contributed by atoms with E-state index < -0.39 is 0 Å². The van der Waals surface area contributed by atoms with Crippen LogP contribution in [0.25, 0.3) is 0 Å². The molecule has 1 heterocycles. The molecule has 0 aliphatic carbocycles. The Morgan fingerprint density at radius 3 is 2.60 bits per heavy atom. The third-order valence-corrected chi connectivity index (χ3v) is 4.81. The van der Waals surface area contributed by atoms with Crippen LogP contribution in [0.15, 0.2) is 28.7 Å². The second-order valence-corrected chi connectivity index (χ2v) is 6.29. The van der Waals surface area contributed by atoms with Crippen LogP contribution in [0.1, 0.15) is 16.8 Å². The zero-order valence-electron chi connectivity index (χ0n) is 11.7. The highest BCUT2D eigenvalue weighted by Gasteiger charge is 2.17. The van der Waals surface area contributed by atoms with Gasteiger partial charge in [-0.05, 0) is 43.9 Å². The average molecular weight is 357 g/mol. The van der Waals surface area contributed by atoms with Gasteiger partial charge in [-0.2, -0.15) is 5.10 Å². The topological polar surface area (TPSA) is 43.8 Å². The lowest BCUT2D eigenvalue weighted by atomic mass is 9.93. The summed E-state index contributed by atoms with van der Waals surface area (Å²) in [4.78, 5) is 0. The van der Waals surface area contributed by atoms with Crippen LogP contribution in [0.3, 0.4) is 0 Å². The second-order valence-electron chi connectivity index (χ2n) is 5.08. The molecule has 2 aromatic rings. The molecule has 5 heteroatoms. The SMILES string of the molecule is Cc1nn(C)c(Cl)c1CC(CN)Cc1ccccc1Br.